The van der Waals surface area contributed by atoms with Gasteiger partial charge in [-0.1, -0.05) is 104 Å². The van der Waals surface area contributed by atoms with Crippen molar-refractivity contribution in [3.8, 4) is 0 Å². The predicted octanol–water partition coefficient (Wildman–Crippen LogP) is 6.86. The van der Waals surface area contributed by atoms with Crippen LogP contribution < -0.4 is 5.32 Å². The van der Waals surface area contributed by atoms with Gasteiger partial charge >= 0.3 is 0 Å². The fourth-order valence-electron chi connectivity index (χ4n) is 3.12. The molecule has 0 amide bonds. The third kappa shape index (κ3) is 16.2. The average molecular weight is 298 g/mol. The van der Waals surface area contributed by atoms with Gasteiger partial charge in [0.15, 0.2) is 0 Å². The second-order valence-corrected chi connectivity index (χ2v) is 6.81. The zero-order valence-corrected chi connectivity index (χ0v) is 15.4. The van der Waals surface area contributed by atoms with Gasteiger partial charge in [0.1, 0.15) is 0 Å². The van der Waals surface area contributed by atoms with Crippen LogP contribution in [-0.2, 0) is 0 Å². The number of hydrogen-bond acceptors (Lipinski definition) is 1. The summed E-state index contributed by atoms with van der Waals surface area (Å²) in [5.41, 5.74) is 0. The molecule has 0 rings (SSSR count). The Morgan fingerprint density at radius 3 is 1.33 bits per heavy atom. The first-order valence-corrected chi connectivity index (χ1v) is 10.0. The normalized spacial score (nSPS) is 12.7. The maximum atomic E-state index is 3.48. The lowest BCUT2D eigenvalue weighted by atomic mass is 10.0. The lowest BCUT2D eigenvalue weighted by molar-refractivity contribution is 0.444. The molecule has 1 unspecified atom stereocenters. The van der Waals surface area contributed by atoms with Crippen LogP contribution >= 0.6 is 0 Å². The smallest absolute Gasteiger partial charge is 0.00640 e. The Hall–Kier alpha value is -0.0400. The summed E-state index contributed by atoms with van der Waals surface area (Å²) in [6.07, 6.45) is 22.9. The van der Waals surface area contributed by atoms with Gasteiger partial charge < -0.3 is 5.32 Å². The summed E-state index contributed by atoms with van der Waals surface area (Å²) in [5, 5.41) is 3.48. The fourth-order valence-corrected chi connectivity index (χ4v) is 3.12. The first kappa shape index (κ1) is 21.0. The summed E-state index contributed by atoms with van der Waals surface area (Å²) in [4.78, 5) is 0. The van der Waals surface area contributed by atoms with E-state index in [-0.39, 0.29) is 0 Å². The molecule has 0 fully saturated rings. The van der Waals surface area contributed by atoms with Gasteiger partial charge in [0, 0.05) is 6.04 Å². The molecule has 0 saturated heterocycles. The molecule has 1 N–H and O–H groups in total. The molecule has 0 aromatic carbocycles. The first-order valence-electron chi connectivity index (χ1n) is 10.0. The Balaban J connectivity index is 3.14. The van der Waals surface area contributed by atoms with E-state index in [0.29, 0.717) is 0 Å². The molecule has 0 spiro atoms. The van der Waals surface area contributed by atoms with Crippen molar-refractivity contribution in [2.24, 2.45) is 0 Å². The van der Waals surface area contributed by atoms with E-state index in [1.807, 2.05) is 0 Å². The van der Waals surface area contributed by atoms with Gasteiger partial charge in [0.2, 0.25) is 0 Å². The SMILES string of the molecule is CCCCCCCCCCCCCCC(CCCC)NC. The maximum absolute atomic E-state index is 3.48. The summed E-state index contributed by atoms with van der Waals surface area (Å²) in [5.74, 6) is 0. The zero-order valence-electron chi connectivity index (χ0n) is 15.4. The highest BCUT2D eigenvalue weighted by Gasteiger charge is 2.04. The minimum absolute atomic E-state index is 0.771. The summed E-state index contributed by atoms with van der Waals surface area (Å²) in [6.45, 7) is 4.58. The Morgan fingerprint density at radius 1 is 0.524 bits per heavy atom. The van der Waals surface area contributed by atoms with Crippen molar-refractivity contribution >= 4 is 0 Å². The van der Waals surface area contributed by atoms with Crippen LogP contribution in [-0.4, -0.2) is 13.1 Å². The third-order valence-corrected chi connectivity index (χ3v) is 4.72. The molecule has 1 heteroatoms. The van der Waals surface area contributed by atoms with E-state index in [4.69, 9.17) is 0 Å². The van der Waals surface area contributed by atoms with Gasteiger partial charge in [-0.15, -0.1) is 0 Å². The van der Waals surface area contributed by atoms with Crippen LogP contribution in [0.1, 0.15) is 117 Å². The molecule has 128 valence electrons. The van der Waals surface area contributed by atoms with Gasteiger partial charge in [0.05, 0.1) is 0 Å². The molecule has 0 aliphatic rings. The van der Waals surface area contributed by atoms with E-state index < -0.39 is 0 Å². The number of nitrogens with one attached hydrogen (secondary N) is 1. The molecular formula is C20H43N. The monoisotopic (exact) mass is 297 g/mol. The van der Waals surface area contributed by atoms with Gasteiger partial charge in [-0.2, -0.15) is 0 Å². The number of hydrogen-bond donors (Lipinski definition) is 1. The Kier molecular flexibility index (Phi) is 18.0. The van der Waals surface area contributed by atoms with Crippen LogP contribution in [0.5, 0.6) is 0 Å². The predicted molar refractivity (Wildman–Crippen MR) is 98.1 cm³/mol. The van der Waals surface area contributed by atoms with E-state index in [0.717, 1.165) is 6.04 Å². The van der Waals surface area contributed by atoms with Crippen molar-refractivity contribution in [2.75, 3.05) is 7.05 Å². The minimum atomic E-state index is 0.771. The summed E-state index contributed by atoms with van der Waals surface area (Å²) in [6, 6.07) is 0.771. The van der Waals surface area contributed by atoms with Crippen molar-refractivity contribution in [3.05, 3.63) is 0 Å². The van der Waals surface area contributed by atoms with E-state index >= 15 is 0 Å². The molecule has 0 aromatic rings. The van der Waals surface area contributed by atoms with Gasteiger partial charge in [-0.25, -0.2) is 0 Å². The highest BCUT2D eigenvalue weighted by atomic mass is 14.9. The second kappa shape index (κ2) is 18.0. The van der Waals surface area contributed by atoms with Gasteiger partial charge in [-0.05, 0) is 19.9 Å². The van der Waals surface area contributed by atoms with Crippen LogP contribution in [0.15, 0.2) is 0 Å². The molecule has 0 aliphatic heterocycles. The van der Waals surface area contributed by atoms with Gasteiger partial charge in [0.25, 0.3) is 0 Å². The molecule has 0 heterocycles. The Morgan fingerprint density at radius 2 is 0.905 bits per heavy atom. The summed E-state index contributed by atoms with van der Waals surface area (Å²) < 4.78 is 0. The van der Waals surface area contributed by atoms with E-state index in [1.165, 1.54) is 103 Å². The van der Waals surface area contributed by atoms with E-state index in [9.17, 15) is 0 Å². The second-order valence-electron chi connectivity index (χ2n) is 6.81. The average Bonchev–Trinajstić information content (AvgIpc) is 2.51. The van der Waals surface area contributed by atoms with Crippen LogP contribution in [0.2, 0.25) is 0 Å². The number of unbranched alkanes of at least 4 members (excludes halogenated alkanes) is 12. The van der Waals surface area contributed by atoms with Crippen molar-refractivity contribution in [1.82, 2.24) is 5.32 Å². The number of rotatable bonds is 17. The minimum Gasteiger partial charge on any atom is -0.317 e. The molecule has 0 saturated carbocycles. The lowest BCUT2D eigenvalue weighted by Gasteiger charge is -2.15. The van der Waals surface area contributed by atoms with Gasteiger partial charge in [-0.3, -0.25) is 0 Å². The van der Waals surface area contributed by atoms with Crippen molar-refractivity contribution in [2.45, 2.75) is 123 Å². The molecule has 0 aliphatic carbocycles. The summed E-state index contributed by atoms with van der Waals surface area (Å²) >= 11 is 0. The van der Waals surface area contributed by atoms with Crippen LogP contribution in [0.4, 0.5) is 0 Å². The Bertz CT molecular complexity index is 179. The van der Waals surface area contributed by atoms with Crippen molar-refractivity contribution < 1.29 is 0 Å². The van der Waals surface area contributed by atoms with E-state index in [2.05, 4.69) is 26.2 Å². The highest BCUT2D eigenvalue weighted by molar-refractivity contribution is 4.64. The maximum Gasteiger partial charge on any atom is 0.00640 e. The molecule has 0 aromatic heterocycles. The highest BCUT2D eigenvalue weighted by Crippen LogP contribution is 2.14. The quantitative estimate of drug-likeness (QED) is 0.289. The zero-order chi connectivity index (χ0) is 15.6. The summed E-state index contributed by atoms with van der Waals surface area (Å²) in [7, 11) is 2.13. The Labute approximate surface area is 135 Å². The van der Waals surface area contributed by atoms with E-state index in [1.54, 1.807) is 0 Å². The molecule has 1 atom stereocenters. The standard InChI is InChI=1S/C20H43N/c1-4-6-8-9-10-11-12-13-14-15-16-17-19-20(21-3)18-7-5-2/h20-21H,4-19H2,1-3H3. The molecular weight excluding hydrogens is 254 g/mol. The van der Waals surface area contributed by atoms with Crippen LogP contribution in [0.3, 0.4) is 0 Å². The topological polar surface area (TPSA) is 12.0 Å². The first-order chi connectivity index (χ1) is 10.3. The largest absolute Gasteiger partial charge is 0.317 e. The van der Waals surface area contributed by atoms with Crippen molar-refractivity contribution in [1.29, 1.82) is 0 Å². The molecule has 1 nitrogen and oxygen atoms in total. The van der Waals surface area contributed by atoms with Crippen LogP contribution in [0.25, 0.3) is 0 Å². The fraction of sp³-hybridized carbons (Fsp3) is 1.00. The molecule has 0 radical (unpaired) electrons. The molecule has 0 bridgehead atoms. The third-order valence-electron chi connectivity index (χ3n) is 4.72. The molecule has 21 heavy (non-hydrogen) atoms. The lowest BCUT2D eigenvalue weighted by Crippen LogP contribution is -2.24. The van der Waals surface area contributed by atoms with Crippen molar-refractivity contribution in [3.63, 3.8) is 0 Å². The van der Waals surface area contributed by atoms with Crippen LogP contribution in [0, 0.1) is 0 Å².